The normalized spacial score (nSPS) is 20.9. The zero-order chi connectivity index (χ0) is 15.5. The molecule has 22 heavy (non-hydrogen) atoms. The summed E-state index contributed by atoms with van der Waals surface area (Å²) in [7, 11) is 1.61. The molecule has 1 amide bonds. The van der Waals surface area contributed by atoms with Gasteiger partial charge in [0.2, 0.25) is 0 Å². The van der Waals surface area contributed by atoms with Crippen molar-refractivity contribution in [3.05, 3.63) is 59.9 Å². The van der Waals surface area contributed by atoms with E-state index < -0.39 is 6.10 Å². The first-order valence-electron chi connectivity index (χ1n) is 7.22. The lowest BCUT2D eigenvalue weighted by Crippen LogP contribution is -2.31. The third kappa shape index (κ3) is 2.80. The molecule has 1 aromatic heterocycles. The maximum Gasteiger partial charge on any atom is 0.256 e. The number of aromatic nitrogens is 1. The zero-order valence-corrected chi connectivity index (χ0v) is 12.3. The first-order valence-corrected chi connectivity index (χ1v) is 7.22. The van der Waals surface area contributed by atoms with Crippen LogP contribution in [0.15, 0.2) is 48.8 Å². The highest BCUT2D eigenvalue weighted by Crippen LogP contribution is 2.34. The second kappa shape index (κ2) is 6.15. The van der Waals surface area contributed by atoms with Crippen LogP contribution in [0.4, 0.5) is 0 Å². The Morgan fingerprint density at radius 2 is 2.23 bits per heavy atom. The van der Waals surface area contributed by atoms with Crippen molar-refractivity contribution in [2.75, 3.05) is 13.7 Å². The van der Waals surface area contributed by atoms with Crippen LogP contribution in [-0.4, -0.2) is 40.7 Å². The van der Waals surface area contributed by atoms with Crippen molar-refractivity contribution in [2.45, 2.75) is 18.6 Å². The van der Waals surface area contributed by atoms with Crippen LogP contribution < -0.4 is 4.74 Å². The largest absolute Gasteiger partial charge is 0.497 e. The number of hydrogen-bond acceptors (Lipinski definition) is 4. The molecule has 2 aromatic rings. The molecule has 0 saturated carbocycles. The summed E-state index contributed by atoms with van der Waals surface area (Å²) in [5.74, 6) is 0.630. The van der Waals surface area contributed by atoms with E-state index in [1.165, 1.54) is 0 Å². The highest BCUT2D eigenvalue weighted by Gasteiger charge is 2.35. The smallest absolute Gasteiger partial charge is 0.256 e. The molecule has 0 aliphatic carbocycles. The van der Waals surface area contributed by atoms with Crippen molar-refractivity contribution in [3.8, 4) is 5.75 Å². The molecule has 1 N–H and O–H groups in total. The quantitative estimate of drug-likeness (QED) is 0.942. The van der Waals surface area contributed by atoms with Gasteiger partial charge in [-0.15, -0.1) is 0 Å². The van der Waals surface area contributed by atoms with Gasteiger partial charge < -0.3 is 14.7 Å². The fourth-order valence-electron chi connectivity index (χ4n) is 2.86. The number of pyridine rings is 1. The van der Waals surface area contributed by atoms with Crippen molar-refractivity contribution in [1.29, 1.82) is 0 Å². The summed E-state index contributed by atoms with van der Waals surface area (Å²) >= 11 is 0. The third-order valence-electron chi connectivity index (χ3n) is 3.93. The number of rotatable bonds is 3. The Morgan fingerprint density at radius 1 is 1.36 bits per heavy atom. The van der Waals surface area contributed by atoms with Crippen LogP contribution in [-0.2, 0) is 0 Å². The van der Waals surface area contributed by atoms with E-state index in [-0.39, 0.29) is 11.9 Å². The summed E-state index contributed by atoms with van der Waals surface area (Å²) in [4.78, 5) is 18.4. The van der Waals surface area contributed by atoms with Gasteiger partial charge in [0.15, 0.2) is 0 Å². The first kappa shape index (κ1) is 14.5. The fourth-order valence-corrected chi connectivity index (χ4v) is 2.86. The van der Waals surface area contributed by atoms with Crippen LogP contribution in [0, 0.1) is 0 Å². The van der Waals surface area contributed by atoms with Gasteiger partial charge in [-0.25, -0.2) is 0 Å². The van der Waals surface area contributed by atoms with E-state index >= 15 is 0 Å². The second-order valence-electron chi connectivity index (χ2n) is 5.38. The Hall–Kier alpha value is -2.40. The molecular weight excluding hydrogens is 280 g/mol. The van der Waals surface area contributed by atoms with Crippen molar-refractivity contribution < 1.29 is 14.6 Å². The van der Waals surface area contributed by atoms with Gasteiger partial charge in [0, 0.05) is 18.9 Å². The van der Waals surface area contributed by atoms with Crippen molar-refractivity contribution >= 4 is 5.91 Å². The van der Waals surface area contributed by atoms with Gasteiger partial charge in [-0.2, -0.15) is 0 Å². The third-order valence-corrected chi connectivity index (χ3v) is 3.93. The number of aliphatic hydroxyl groups excluding tert-OH is 1. The van der Waals surface area contributed by atoms with Crippen LogP contribution in [0.5, 0.6) is 5.75 Å². The van der Waals surface area contributed by atoms with Crippen LogP contribution in [0.1, 0.15) is 28.4 Å². The van der Waals surface area contributed by atoms with Crippen molar-refractivity contribution in [2.24, 2.45) is 0 Å². The molecular formula is C17H18N2O3. The second-order valence-corrected chi connectivity index (χ2v) is 5.38. The average molecular weight is 298 g/mol. The lowest BCUT2D eigenvalue weighted by atomic mass is 10.0. The van der Waals surface area contributed by atoms with Gasteiger partial charge in [0.05, 0.1) is 24.8 Å². The highest BCUT2D eigenvalue weighted by molar-refractivity contribution is 5.94. The van der Waals surface area contributed by atoms with Gasteiger partial charge in [0.1, 0.15) is 5.75 Å². The molecule has 1 aliphatic rings. The molecule has 1 saturated heterocycles. The molecule has 2 atom stereocenters. The molecule has 114 valence electrons. The number of carbonyl (C=O) groups is 1. The molecule has 0 unspecified atom stereocenters. The monoisotopic (exact) mass is 298 g/mol. The zero-order valence-electron chi connectivity index (χ0n) is 12.3. The Bertz CT molecular complexity index is 660. The molecule has 0 spiro atoms. The molecule has 0 bridgehead atoms. The van der Waals surface area contributed by atoms with E-state index in [9.17, 15) is 9.90 Å². The van der Waals surface area contributed by atoms with Gasteiger partial charge in [0.25, 0.3) is 5.91 Å². The number of likely N-dealkylation sites (tertiary alicyclic amines) is 1. The van der Waals surface area contributed by atoms with Crippen LogP contribution in [0.25, 0.3) is 0 Å². The van der Waals surface area contributed by atoms with Gasteiger partial charge >= 0.3 is 0 Å². The number of aliphatic hydroxyl groups is 1. The molecule has 5 heteroatoms. The molecule has 1 aromatic carbocycles. The summed E-state index contributed by atoms with van der Waals surface area (Å²) in [5.41, 5.74) is 1.50. The molecule has 1 fully saturated rings. The molecule has 1 aliphatic heterocycles. The Morgan fingerprint density at radius 3 is 2.95 bits per heavy atom. The van der Waals surface area contributed by atoms with Gasteiger partial charge in [-0.1, -0.05) is 12.1 Å². The summed E-state index contributed by atoms with van der Waals surface area (Å²) in [6.45, 7) is 0.329. The minimum absolute atomic E-state index is 0.113. The average Bonchev–Trinajstić information content (AvgIpc) is 2.97. The number of amides is 1. The van der Waals surface area contributed by atoms with Crippen molar-refractivity contribution in [3.63, 3.8) is 0 Å². The number of carbonyl (C=O) groups excluding carboxylic acids is 1. The molecule has 3 rings (SSSR count). The topological polar surface area (TPSA) is 62.7 Å². The maximum atomic E-state index is 12.7. The van der Waals surface area contributed by atoms with Crippen LogP contribution in [0.3, 0.4) is 0 Å². The predicted octanol–water partition coefficient (Wildman–Crippen LogP) is 2.04. The minimum atomic E-state index is -0.517. The number of β-amino-alcohol motifs (C(OH)–C–C–N with tert-alkyl or cyclic N) is 1. The van der Waals surface area contributed by atoms with Crippen LogP contribution in [0.2, 0.25) is 0 Å². The van der Waals surface area contributed by atoms with E-state index in [0.29, 0.717) is 18.5 Å². The number of hydrogen-bond donors (Lipinski definition) is 1. The SMILES string of the molecule is COc1cccc([C@H]2C[C@@H](O)CN2C(=O)c2cccnc2)c1. The standard InChI is InChI=1S/C17H18N2O3/c1-22-15-6-2-4-12(8-15)16-9-14(20)11-19(16)17(21)13-5-3-7-18-10-13/h2-8,10,14,16,20H,9,11H2,1H3/t14-,16-/m1/s1. The van der Waals surface area contributed by atoms with E-state index in [0.717, 1.165) is 11.3 Å². The van der Waals surface area contributed by atoms with E-state index in [4.69, 9.17) is 4.74 Å². The number of benzene rings is 1. The molecule has 5 nitrogen and oxygen atoms in total. The number of methoxy groups -OCH3 is 1. The summed E-state index contributed by atoms with van der Waals surface area (Å²) in [6.07, 6.45) is 3.20. The fraction of sp³-hybridized carbons (Fsp3) is 0.294. The van der Waals surface area contributed by atoms with Crippen LogP contribution >= 0.6 is 0 Å². The maximum absolute atomic E-state index is 12.7. The van der Waals surface area contributed by atoms with Gasteiger partial charge in [-0.05, 0) is 36.2 Å². The summed E-state index contributed by atoms with van der Waals surface area (Å²) in [6, 6.07) is 10.9. The lowest BCUT2D eigenvalue weighted by Gasteiger charge is -2.25. The van der Waals surface area contributed by atoms with E-state index in [1.807, 2.05) is 24.3 Å². The minimum Gasteiger partial charge on any atom is -0.497 e. The van der Waals surface area contributed by atoms with Gasteiger partial charge in [-0.3, -0.25) is 9.78 Å². The van der Waals surface area contributed by atoms with E-state index in [2.05, 4.69) is 4.98 Å². The van der Waals surface area contributed by atoms with E-state index in [1.54, 1.807) is 36.5 Å². The highest BCUT2D eigenvalue weighted by atomic mass is 16.5. The summed E-state index contributed by atoms with van der Waals surface area (Å²) in [5, 5.41) is 10.0. The Labute approximate surface area is 129 Å². The Kier molecular flexibility index (Phi) is 4.06. The van der Waals surface area contributed by atoms with Crippen molar-refractivity contribution in [1.82, 2.24) is 9.88 Å². The number of nitrogens with zero attached hydrogens (tertiary/aromatic N) is 2. The predicted molar refractivity (Wildman–Crippen MR) is 81.6 cm³/mol. The lowest BCUT2D eigenvalue weighted by molar-refractivity contribution is 0.0715. The summed E-state index contributed by atoms with van der Waals surface area (Å²) < 4.78 is 5.25. The Balaban J connectivity index is 1.90. The number of ether oxygens (including phenoxy) is 1. The molecule has 2 heterocycles. The molecule has 0 radical (unpaired) electrons. The first-order chi connectivity index (χ1) is 10.7.